The number of hydrogen-bond acceptors (Lipinski definition) is 2. The van der Waals surface area contributed by atoms with Gasteiger partial charge in [-0.05, 0) is 17.7 Å². The Hall–Kier alpha value is -1.02. The molecule has 0 saturated heterocycles. The van der Waals surface area contributed by atoms with Gasteiger partial charge in [0.1, 0.15) is 0 Å². The summed E-state index contributed by atoms with van der Waals surface area (Å²) in [5.41, 5.74) is 1.97. The topological polar surface area (TPSA) is 32.3 Å². The Balaban J connectivity index is 2.87. The Morgan fingerprint density at radius 1 is 1.50 bits per heavy atom. The second kappa shape index (κ2) is 3.22. The van der Waals surface area contributed by atoms with Crippen molar-refractivity contribution >= 4 is 5.69 Å². The van der Waals surface area contributed by atoms with Gasteiger partial charge < -0.3 is 10.4 Å². The molecule has 1 aromatic carbocycles. The molecule has 0 unspecified atom stereocenters. The van der Waals surface area contributed by atoms with Gasteiger partial charge in [-0.1, -0.05) is 12.1 Å². The molecular formula is C8H11NO. The van der Waals surface area contributed by atoms with E-state index in [9.17, 15) is 0 Å². The summed E-state index contributed by atoms with van der Waals surface area (Å²) < 4.78 is 0. The molecule has 0 aliphatic heterocycles. The molecule has 0 amide bonds. The Bertz CT molecular complexity index is 191. The van der Waals surface area contributed by atoms with E-state index in [2.05, 4.69) is 5.32 Å². The lowest BCUT2D eigenvalue weighted by Gasteiger charge is -2.00. The van der Waals surface area contributed by atoms with Crippen molar-refractivity contribution in [3.8, 4) is 0 Å². The van der Waals surface area contributed by atoms with Gasteiger partial charge in [-0.3, -0.25) is 0 Å². The molecule has 10 heavy (non-hydrogen) atoms. The summed E-state index contributed by atoms with van der Waals surface area (Å²) in [7, 11) is 1.86. The van der Waals surface area contributed by atoms with Gasteiger partial charge in [-0.2, -0.15) is 0 Å². The van der Waals surface area contributed by atoms with Gasteiger partial charge in [0.2, 0.25) is 0 Å². The lowest BCUT2D eigenvalue weighted by atomic mass is 10.2. The third-order valence-electron chi connectivity index (χ3n) is 1.40. The van der Waals surface area contributed by atoms with Gasteiger partial charge in [0, 0.05) is 12.7 Å². The van der Waals surface area contributed by atoms with Crippen LogP contribution in [0.15, 0.2) is 24.3 Å². The van der Waals surface area contributed by atoms with E-state index in [0.29, 0.717) is 0 Å². The molecule has 1 rings (SSSR count). The molecule has 0 radical (unpaired) electrons. The number of hydrogen-bond donors (Lipinski definition) is 2. The number of aliphatic hydroxyl groups is 1. The molecule has 0 fully saturated rings. The number of benzene rings is 1. The van der Waals surface area contributed by atoms with Crippen LogP contribution in [-0.4, -0.2) is 12.2 Å². The predicted molar refractivity (Wildman–Crippen MR) is 41.9 cm³/mol. The van der Waals surface area contributed by atoms with Crippen molar-refractivity contribution in [3.63, 3.8) is 0 Å². The summed E-state index contributed by atoms with van der Waals surface area (Å²) in [4.78, 5) is 0. The number of aliphatic hydroxyl groups excluding tert-OH is 1. The zero-order chi connectivity index (χ0) is 7.40. The summed E-state index contributed by atoms with van der Waals surface area (Å²) in [6, 6.07) is 7.68. The van der Waals surface area contributed by atoms with Crippen LogP contribution in [0.1, 0.15) is 5.56 Å². The molecule has 2 nitrogen and oxygen atoms in total. The maximum absolute atomic E-state index is 8.73. The minimum Gasteiger partial charge on any atom is -0.392 e. The van der Waals surface area contributed by atoms with E-state index in [-0.39, 0.29) is 6.61 Å². The fraction of sp³-hybridized carbons (Fsp3) is 0.250. The lowest BCUT2D eigenvalue weighted by Crippen LogP contribution is -1.89. The summed E-state index contributed by atoms with van der Waals surface area (Å²) in [5.74, 6) is 0. The highest BCUT2D eigenvalue weighted by Gasteiger charge is 1.89. The fourth-order valence-corrected chi connectivity index (χ4v) is 0.825. The highest BCUT2D eigenvalue weighted by atomic mass is 16.3. The van der Waals surface area contributed by atoms with E-state index < -0.39 is 0 Å². The first-order valence-corrected chi connectivity index (χ1v) is 3.24. The molecule has 0 bridgehead atoms. The van der Waals surface area contributed by atoms with Crippen LogP contribution in [0.25, 0.3) is 0 Å². The Kier molecular flexibility index (Phi) is 2.29. The van der Waals surface area contributed by atoms with E-state index >= 15 is 0 Å². The Labute approximate surface area is 60.5 Å². The second-order valence-electron chi connectivity index (χ2n) is 2.11. The van der Waals surface area contributed by atoms with Gasteiger partial charge in [-0.25, -0.2) is 0 Å². The monoisotopic (exact) mass is 137 g/mol. The minimum absolute atomic E-state index is 0.107. The first-order valence-electron chi connectivity index (χ1n) is 3.24. The van der Waals surface area contributed by atoms with Crippen LogP contribution >= 0.6 is 0 Å². The largest absolute Gasteiger partial charge is 0.392 e. The van der Waals surface area contributed by atoms with Crippen molar-refractivity contribution in [1.29, 1.82) is 0 Å². The Morgan fingerprint density at radius 2 is 2.30 bits per heavy atom. The highest BCUT2D eigenvalue weighted by Crippen LogP contribution is 2.08. The van der Waals surface area contributed by atoms with Crippen LogP contribution in [0.5, 0.6) is 0 Å². The predicted octanol–water partition coefficient (Wildman–Crippen LogP) is 1.22. The van der Waals surface area contributed by atoms with Crippen LogP contribution in [0, 0.1) is 0 Å². The molecule has 0 aromatic heterocycles. The molecule has 54 valence electrons. The van der Waals surface area contributed by atoms with E-state index in [1.54, 1.807) is 0 Å². The molecule has 0 atom stereocenters. The zero-order valence-corrected chi connectivity index (χ0v) is 5.96. The smallest absolute Gasteiger partial charge is 0.0682 e. The summed E-state index contributed by atoms with van der Waals surface area (Å²) in [6.07, 6.45) is 0. The summed E-state index contributed by atoms with van der Waals surface area (Å²) in [6.45, 7) is 0.107. The maximum atomic E-state index is 8.73. The van der Waals surface area contributed by atoms with Crippen molar-refractivity contribution in [2.24, 2.45) is 0 Å². The van der Waals surface area contributed by atoms with Gasteiger partial charge >= 0.3 is 0 Å². The molecule has 0 spiro atoms. The standard InChI is InChI=1S/C8H11NO/c1-9-8-4-2-3-7(5-8)6-10/h2-5,9-10H,6H2,1H3. The van der Waals surface area contributed by atoms with Crippen LogP contribution in [0.3, 0.4) is 0 Å². The molecule has 1 aromatic rings. The first-order chi connectivity index (χ1) is 4.86. The van der Waals surface area contributed by atoms with Crippen molar-refractivity contribution in [2.45, 2.75) is 6.61 Å². The van der Waals surface area contributed by atoms with Gasteiger partial charge in [0.15, 0.2) is 0 Å². The second-order valence-corrected chi connectivity index (χ2v) is 2.11. The maximum Gasteiger partial charge on any atom is 0.0682 e. The molecule has 2 N–H and O–H groups in total. The van der Waals surface area contributed by atoms with E-state index in [4.69, 9.17) is 5.11 Å². The molecule has 2 heteroatoms. The van der Waals surface area contributed by atoms with E-state index in [1.807, 2.05) is 31.3 Å². The van der Waals surface area contributed by atoms with Gasteiger partial charge in [0.05, 0.1) is 6.61 Å². The van der Waals surface area contributed by atoms with Crippen LogP contribution in [0.4, 0.5) is 5.69 Å². The van der Waals surface area contributed by atoms with Crippen molar-refractivity contribution in [3.05, 3.63) is 29.8 Å². The fourth-order valence-electron chi connectivity index (χ4n) is 0.825. The van der Waals surface area contributed by atoms with Crippen LogP contribution in [0.2, 0.25) is 0 Å². The van der Waals surface area contributed by atoms with Crippen molar-refractivity contribution < 1.29 is 5.11 Å². The van der Waals surface area contributed by atoms with Crippen LogP contribution in [-0.2, 0) is 6.61 Å². The third-order valence-corrected chi connectivity index (χ3v) is 1.40. The molecule has 0 heterocycles. The summed E-state index contributed by atoms with van der Waals surface area (Å²) in [5, 5.41) is 11.7. The quantitative estimate of drug-likeness (QED) is 0.642. The van der Waals surface area contributed by atoms with Gasteiger partial charge in [0.25, 0.3) is 0 Å². The highest BCUT2D eigenvalue weighted by molar-refractivity contribution is 5.44. The van der Waals surface area contributed by atoms with Crippen LogP contribution < -0.4 is 5.32 Å². The van der Waals surface area contributed by atoms with E-state index in [0.717, 1.165) is 11.3 Å². The normalized spacial score (nSPS) is 9.40. The number of anilines is 1. The van der Waals surface area contributed by atoms with E-state index in [1.165, 1.54) is 0 Å². The molecule has 0 saturated carbocycles. The molecule has 0 aliphatic carbocycles. The average Bonchev–Trinajstić information content (AvgIpc) is 2.05. The van der Waals surface area contributed by atoms with Crippen molar-refractivity contribution in [2.75, 3.05) is 12.4 Å². The molecule has 0 aliphatic rings. The molecular weight excluding hydrogens is 126 g/mol. The van der Waals surface area contributed by atoms with Gasteiger partial charge in [-0.15, -0.1) is 0 Å². The van der Waals surface area contributed by atoms with Crippen molar-refractivity contribution in [1.82, 2.24) is 0 Å². The third kappa shape index (κ3) is 1.48. The minimum atomic E-state index is 0.107. The number of nitrogens with one attached hydrogen (secondary N) is 1. The first kappa shape index (κ1) is 7.09. The summed E-state index contributed by atoms with van der Waals surface area (Å²) >= 11 is 0. The SMILES string of the molecule is CNc1cccc(CO)c1. The lowest BCUT2D eigenvalue weighted by molar-refractivity contribution is 0.282. The number of rotatable bonds is 2. The zero-order valence-electron chi connectivity index (χ0n) is 5.96. The average molecular weight is 137 g/mol. The Morgan fingerprint density at radius 3 is 2.90 bits per heavy atom.